The molecule has 0 atom stereocenters. The second-order valence-electron chi connectivity index (χ2n) is 5.50. The number of hydrogen-bond acceptors (Lipinski definition) is 5. The highest BCUT2D eigenvalue weighted by atomic mass is 16.6. The quantitative estimate of drug-likeness (QED) is 0.803. The van der Waals surface area contributed by atoms with Gasteiger partial charge in [0.15, 0.2) is 11.5 Å². The number of carbonyl (C=O) groups excluding carboxylic acids is 1. The summed E-state index contributed by atoms with van der Waals surface area (Å²) in [6, 6.07) is 10.9. The average Bonchev–Trinajstić information content (AvgIpc) is 2.67. The molecule has 0 bridgehead atoms. The summed E-state index contributed by atoms with van der Waals surface area (Å²) in [6.45, 7) is 3.39. The van der Waals surface area contributed by atoms with Crippen molar-refractivity contribution in [1.82, 2.24) is 0 Å². The van der Waals surface area contributed by atoms with Gasteiger partial charge in [-0.1, -0.05) is 12.1 Å². The normalized spacial score (nSPS) is 12.7. The Labute approximate surface area is 152 Å². The predicted molar refractivity (Wildman–Crippen MR) is 99.3 cm³/mol. The molecule has 26 heavy (non-hydrogen) atoms. The van der Waals surface area contributed by atoms with Crippen molar-refractivity contribution >= 4 is 17.7 Å². The molecule has 1 heterocycles. The Balaban J connectivity index is 1.74. The van der Waals surface area contributed by atoms with Crippen molar-refractivity contribution in [3.8, 4) is 23.0 Å². The van der Waals surface area contributed by atoms with Crippen LogP contribution in [0, 0.1) is 0 Å². The molecule has 1 N–H and O–H groups in total. The number of anilines is 1. The average molecular weight is 355 g/mol. The van der Waals surface area contributed by atoms with Crippen molar-refractivity contribution in [2.45, 2.75) is 6.92 Å². The van der Waals surface area contributed by atoms with Crippen LogP contribution in [0.1, 0.15) is 12.5 Å². The molecule has 0 saturated carbocycles. The molecule has 136 valence electrons. The molecule has 2 aromatic rings. The van der Waals surface area contributed by atoms with Gasteiger partial charge in [-0.15, -0.1) is 0 Å². The van der Waals surface area contributed by atoms with Crippen molar-refractivity contribution in [1.29, 1.82) is 0 Å². The summed E-state index contributed by atoms with van der Waals surface area (Å²) in [6.07, 6.45) is 3.15. The summed E-state index contributed by atoms with van der Waals surface area (Å²) in [7, 11) is 1.57. The van der Waals surface area contributed by atoms with Gasteiger partial charge in [0.1, 0.15) is 19.0 Å². The molecule has 6 nitrogen and oxygen atoms in total. The first kappa shape index (κ1) is 17.7. The van der Waals surface area contributed by atoms with Crippen LogP contribution in [0.2, 0.25) is 0 Å². The van der Waals surface area contributed by atoms with Gasteiger partial charge in [-0.25, -0.2) is 0 Å². The maximum Gasteiger partial charge on any atom is 0.248 e. The van der Waals surface area contributed by atoms with E-state index in [0.29, 0.717) is 48.5 Å². The monoisotopic (exact) mass is 355 g/mol. The van der Waals surface area contributed by atoms with Gasteiger partial charge in [-0.05, 0) is 42.8 Å². The minimum atomic E-state index is -0.258. The number of carbonyl (C=O) groups is 1. The van der Waals surface area contributed by atoms with E-state index < -0.39 is 0 Å². The Kier molecular flexibility index (Phi) is 5.63. The van der Waals surface area contributed by atoms with Crippen LogP contribution in [0.4, 0.5) is 5.69 Å². The first-order chi connectivity index (χ1) is 12.7. The van der Waals surface area contributed by atoms with Gasteiger partial charge in [0.05, 0.1) is 19.4 Å². The number of hydrogen-bond donors (Lipinski definition) is 1. The summed E-state index contributed by atoms with van der Waals surface area (Å²) in [5, 5.41) is 2.82. The zero-order valence-corrected chi connectivity index (χ0v) is 14.8. The van der Waals surface area contributed by atoms with Gasteiger partial charge in [-0.2, -0.15) is 0 Å². The molecule has 6 heteroatoms. The Morgan fingerprint density at radius 3 is 2.81 bits per heavy atom. The fraction of sp³-hybridized carbons (Fsp3) is 0.250. The standard InChI is InChI=1S/C20H21NO5/c1-3-24-16-7-5-4-6-15(16)21-19(22)9-8-14-12-17(23-2)20-18(13-14)25-10-11-26-20/h4-9,12-13H,3,10-11H2,1-2H3,(H,21,22)/b9-8+. The molecule has 1 aliphatic rings. The third-order valence-corrected chi connectivity index (χ3v) is 3.72. The lowest BCUT2D eigenvalue weighted by Gasteiger charge is -2.20. The van der Waals surface area contributed by atoms with E-state index >= 15 is 0 Å². The summed E-state index contributed by atoms with van der Waals surface area (Å²) in [5.74, 6) is 2.15. The molecule has 0 aliphatic carbocycles. The van der Waals surface area contributed by atoms with Crippen molar-refractivity contribution < 1.29 is 23.7 Å². The number of nitrogens with one attached hydrogen (secondary N) is 1. The number of benzene rings is 2. The summed E-state index contributed by atoms with van der Waals surface area (Å²) >= 11 is 0. The van der Waals surface area contributed by atoms with Crippen molar-refractivity contribution in [2.75, 3.05) is 32.2 Å². The molecule has 0 aromatic heterocycles. The SMILES string of the molecule is CCOc1ccccc1NC(=O)/C=C/c1cc(OC)c2c(c1)OCCO2. The number of amides is 1. The van der Waals surface area contributed by atoms with Gasteiger partial charge < -0.3 is 24.3 Å². The molecular formula is C20H21NO5. The van der Waals surface area contributed by atoms with Crippen molar-refractivity contribution in [2.24, 2.45) is 0 Å². The molecular weight excluding hydrogens is 334 g/mol. The van der Waals surface area contributed by atoms with E-state index in [4.69, 9.17) is 18.9 Å². The van der Waals surface area contributed by atoms with Crippen LogP contribution in [0.3, 0.4) is 0 Å². The molecule has 2 aromatic carbocycles. The minimum Gasteiger partial charge on any atom is -0.493 e. The second kappa shape index (κ2) is 8.29. The van der Waals surface area contributed by atoms with E-state index in [1.807, 2.05) is 31.2 Å². The number of ether oxygens (including phenoxy) is 4. The fourth-order valence-corrected chi connectivity index (χ4v) is 2.59. The van der Waals surface area contributed by atoms with E-state index in [0.717, 1.165) is 5.56 Å². The highest BCUT2D eigenvalue weighted by Gasteiger charge is 2.17. The van der Waals surface area contributed by atoms with Crippen LogP contribution >= 0.6 is 0 Å². The summed E-state index contributed by atoms with van der Waals surface area (Å²) in [4.78, 5) is 12.2. The lowest BCUT2D eigenvalue weighted by molar-refractivity contribution is -0.111. The number of fused-ring (bicyclic) bond motifs is 1. The molecule has 1 aliphatic heterocycles. The van der Waals surface area contributed by atoms with Crippen molar-refractivity contribution in [3.63, 3.8) is 0 Å². The predicted octanol–water partition coefficient (Wildman–Crippen LogP) is 3.52. The second-order valence-corrected chi connectivity index (χ2v) is 5.50. The third kappa shape index (κ3) is 4.08. The maximum absolute atomic E-state index is 12.2. The third-order valence-electron chi connectivity index (χ3n) is 3.72. The molecule has 3 rings (SSSR count). The van der Waals surface area contributed by atoms with Crippen LogP contribution in [0.25, 0.3) is 6.08 Å². The van der Waals surface area contributed by atoms with Crippen LogP contribution in [0.5, 0.6) is 23.0 Å². The van der Waals surface area contributed by atoms with E-state index in [9.17, 15) is 4.79 Å². The Bertz CT molecular complexity index is 799. The maximum atomic E-state index is 12.2. The number of para-hydroxylation sites is 2. The summed E-state index contributed by atoms with van der Waals surface area (Å²) in [5.41, 5.74) is 1.41. The van der Waals surface area contributed by atoms with E-state index in [2.05, 4.69) is 5.32 Å². The van der Waals surface area contributed by atoms with Gasteiger partial charge in [0, 0.05) is 6.08 Å². The molecule has 0 saturated heterocycles. The molecule has 1 amide bonds. The topological polar surface area (TPSA) is 66.0 Å². The Morgan fingerprint density at radius 1 is 1.19 bits per heavy atom. The molecule has 0 radical (unpaired) electrons. The highest BCUT2D eigenvalue weighted by Crippen LogP contribution is 2.40. The van der Waals surface area contributed by atoms with E-state index in [1.54, 1.807) is 25.3 Å². The van der Waals surface area contributed by atoms with Crippen molar-refractivity contribution in [3.05, 3.63) is 48.0 Å². The van der Waals surface area contributed by atoms with Gasteiger partial charge in [0.25, 0.3) is 0 Å². The molecule has 0 fully saturated rings. The van der Waals surface area contributed by atoms with E-state index in [-0.39, 0.29) is 5.91 Å². The van der Waals surface area contributed by atoms with E-state index in [1.165, 1.54) is 6.08 Å². The highest BCUT2D eigenvalue weighted by molar-refractivity contribution is 6.02. The lowest BCUT2D eigenvalue weighted by atomic mass is 10.1. The van der Waals surface area contributed by atoms with Gasteiger partial charge in [0.2, 0.25) is 11.7 Å². The first-order valence-corrected chi connectivity index (χ1v) is 8.39. The molecule has 0 unspecified atom stereocenters. The zero-order valence-electron chi connectivity index (χ0n) is 14.8. The van der Waals surface area contributed by atoms with Crippen LogP contribution in [0.15, 0.2) is 42.5 Å². The number of rotatable bonds is 6. The Hall–Kier alpha value is -3.15. The van der Waals surface area contributed by atoms with Crippen LogP contribution in [-0.2, 0) is 4.79 Å². The number of methoxy groups -OCH3 is 1. The van der Waals surface area contributed by atoms with Gasteiger partial charge in [-0.3, -0.25) is 4.79 Å². The fourth-order valence-electron chi connectivity index (χ4n) is 2.59. The zero-order chi connectivity index (χ0) is 18.4. The van der Waals surface area contributed by atoms with Crippen LogP contribution in [-0.4, -0.2) is 32.8 Å². The minimum absolute atomic E-state index is 0.258. The largest absolute Gasteiger partial charge is 0.493 e. The Morgan fingerprint density at radius 2 is 2.00 bits per heavy atom. The van der Waals surface area contributed by atoms with Crippen LogP contribution < -0.4 is 24.3 Å². The first-order valence-electron chi connectivity index (χ1n) is 8.39. The van der Waals surface area contributed by atoms with Gasteiger partial charge >= 0.3 is 0 Å². The summed E-state index contributed by atoms with van der Waals surface area (Å²) < 4.78 is 22.0. The molecule has 0 spiro atoms. The lowest BCUT2D eigenvalue weighted by Crippen LogP contribution is -2.16. The smallest absolute Gasteiger partial charge is 0.248 e.